The van der Waals surface area contributed by atoms with Crippen molar-refractivity contribution in [1.82, 2.24) is 4.90 Å². The van der Waals surface area contributed by atoms with Gasteiger partial charge >= 0.3 is 0 Å². The lowest BCUT2D eigenvalue weighted by Crippen LogP contribution is -2.31. The first-order valence-corrected chi connectivity index (χ1v) is 5.89. The molecule has 5 heteroatoms. The standard InChI is InChI=1S/C12H17N3O2/c13-5-8-14-6-3-10-1-2-12(15(16)17)9-11(10)4-7-14/h1-2,9H,3-8,13H2. The number of nitrogens with zero attached hydrogens (tertiary/aromatic N) is 2. The Bertz CT molecular complexity index is 420. The van der Waals surface area contributed by atoms with Gasteiger partial charge in [0.25, 0.3) is 5.69 Å². The van der Waals surface area contributed by atoms with E-state index in [0.717, 1.165) is 38.0 Å². The predicted molar refractivity (Wildman–Crippen MR) is 66.0 cm³/mol. The summed E-state index contributed by atoms with van der Waals surface area (Å²) >= 11 is 0. The lowest BCUT2D eigenvalue weighted by atomic mass is 10.0. The zero-order chi connectivity index (χ0) is 12.3. The second-order valence-electron chi connectivity index (χ2n) is 4.34. The third kappa shape index (κ3) is 2.81. The van der Waals surface area contributed by atoms with Gasteiger partial charge in [-0.2, -0.15) is 0 Å². The van der Waals surface area contributed by atoms with Crippen LogP contribution in [0.4, 0.5) is 5.69 Å². The maximum atomic E-state index is 10.7. The summed E-state index contributed by atoms with van der Waals surface area (Å²) in [5.41, 5.74) is 8.08. The fourth-order valence-electron chi connectivity index (χ4n) is 2.28. The average Bonchev–Trinajstić information content (AvgIpc) is 2.52. The molecule has 0 unspecified atom stereocenters. The molecule has 5 nitrogen and oxygen atoms in total. The molecule has 92 valence electrons. The van der Waals surface area contributed by atoms with E-state index >= 15 is 0 Å². The van der Waals surface area contributed by atoms with Gasteiger partial charge in [0, 0.05) is 38.3 Å². The van der Waals surface area contributed by atoms with E-state index in [0.29, 0.717) is 6.54 Å². The molecule has 1 aliphatic heterocycles. The van der Waals surface area contributed by atoms with Crippen molar-refractivity contribution >= 4 is 5.69 Å². The minimum absolute atomic E-state index is 0.191. The molecule has 0 saturated carbocycles. The van der Waals surface area contributed by atoms with Crippen molar-refractivity contribution in [3.8, 4) is 0 Å². The first-order chi connectivity index (χ1) is 8.20. The molecule has 0 atom stereocenters. The second kappa shape index (κ2) is 5.25. The van der Waals surface area contributed by atoms with E-state index < -0.39 is 0 Å². The van der Waals surface area contributed by atoms with Crippen molar-refractivity contribution in [2.24, 2.45) is 5.73 Å². The number of nitro benzene ring substituents is 1. The Morgan fingerprint density at radius 2 is 2.00 bits per heavy atom. The summed E-state index contributed by atoms with van der Waals surface area (Å²) in [5.74, 6) is 0. The lowest BCUT2D eigenvalue weighted by molar-refractivity contribution is -0.384. The molecule has 2 rings (SSSR count). The van der Waals surface area contributed by atoms with Gasteiger partial charge in [0.2, 0.25) is 0 Å². The third-order valence-corrected chi connectivity index (χ3v) is 3.24. The lowest BCUT2D eigenvalue weighted by Gasteiger charge is -2.17. The van der Waals surface area contributed by atoms with Gasteiger partial charge < -0.3 is 10.6 Å². The molecular weight excluding hydrogens is 218 g/mol. The quantitative estimate of drug-likeness (QED) is 0.625. The third-order valence-electron chi connectivity index (χ3n) is 3.24. The summed E-state index contributed by atoms with van der Waals surface area (Å²) in [5, 5.41) is 10.7. The highest BCUT2D eigenvalue weighted by Crippen LogP contribution is 2.21. The van der Waals surface area contributed by atoms with Crippen LogP contribution in [0.25, 0.3) is 0 Å². The summed E-state index contributed by atoms with van der Waals surface area (Å²) < 4.78 is 0. The minimum atomic E-state index is -0.331. The van der Waals surface area contributed by atoms with E-state index in [4.69, 9.17) is 5.73 Å². The second-order valence-corrected chi connectivity index (χ2v) is 4.34. The van der Waals surface area contributed by atoms with E-state index in [-0.39, 0.29) is 10.6 Å². The Balaban J connectivity index is 2.16. The van der Waals surface area contributed by atoms with Crippen molar-refractivity contribution in [1.29, 1.82) is 0 Å². The van der Waals surface area contributed by atoms with Gasteiger partial charge in [-0.3, -0.25) is 10.1 Å². The number of non-ortho nitro benzene ring substituents is 1. The molecule has 0 spiro atoms. The fraction of sp³-hybridized carbons (Fsp3) is 0.500. The minimum Gasteiger partial charge on any atom is -0.329 e. The molecule has 0 saturated heterocycles. The summed E-state index contributed by atoms with van der Waals surface area (Å²) in [6.45, 7) is 3.49. The van der Waals surface area contributed by atoms with E-state index in [1.54, 1.807) is 12.1 Å². The first-order valence-electron chi connectivity index (χ1n) is 5.89. The number of nitrogens with two attached hydrogens (primary N) is 1. The normalized spacial score (nSPS) is 16.3. The molecule has 1 aliphatic rings. The van der Waals surface area contributed by atoms with Gasteiger partial charge in [-0.05, 0) is 24.0 Å². The fourth-order valence-corrected chi connectivity index (χ4v) is 2.28. The van der Waals surface area contributed by atoms with Crippen LogP contribution in [0.1, 0.15) is 11.1 Å². The highest BCUT2D eigenvalue weighted by atomic mass is 16.6. The number of nitro groups is 1. The van der Waals surface area contributed by atoms with Crippen LogP contribution in [0.5, 0.6) is 0 Å². The van der Waals surface area contributed by atoms with Crippen LogP contribution in [-0.4, -0.2) is 36.0 Å². The molecule has 0 radical (unpaired) electrons. The summed E-state index contributed by atoms with van der Waals surface area (Å²) in [6.07, 6.45) is 1.82. The van der Waals surface area contributed by atoms with Gasteiger partial charge in [-0.1, -0.05) is 6.07 Å². The Hall–Kier alpha value is -1.46. The smallest absolute Gasteiger partial charge is 0.269 e. The van der Waals surface area contributed by atoms with Crippen LogP contribution >= 0.6 is 0 Å². The summed E-state index contributed by atoms with van der Waals surface area (Å²) in [6, 6.07) is 5.19. The zero-order valence-electron chi connectivity index (χ0n) is 9.76. The number of rotatable bonds is 3. The number of fused-ring (bicyclic) bond motifs is 1. The van der Waals surface area contributed by atoms with Gasteiger partial charge in [-0.15, -0.1) is 0 Å². The van der Waals surface area contributed by atoms with E-state index in [9.17, 15) is 10.1 Å². The monoisotopic (exact) mass is 235 g/mol. The molecule has 0 aliphatic carbocycles. The highest BCUT2D eigenvalue weighted by Gasteiger charge is 2.16. The Morgan fingerprint density at radius 3 is 2.65 bits per heavy atom. The summed E-state index contributed by atoms with van der Waals surface area (Å²) in [7, 11) is 0. The first kappa shape index (κ1) is 12.0. The number of hydrogen-bond acceptors (Lipinski definition) is 4. The number of hydrogen-bond donors (Lipinski definition) is 1. The van der Waals surface area contributed by atoms with Crippen LogP contribution in [0.15, 0.2) is 18.2 Å². The Labute approximate surface area is 100 Å². The molecule has 17 heavy (non-hydrogen) atoms. The van der Waals surface area contributed by atoms with E-state index in [1.165, 1.54) is 5.56 Å². The Morgan fingerprint density at radius 1 is 1.29 bits per heavy atom. The largest absolute Gasteiger partial charge is 0.329 e. The van der Waals surface area contributed by atoms with Crippen LogP contribution in [0.3, 0.4) is 0 Å². The van der Waals surface area contributed by atoms with Crippen LogP contribution < -0.4 is 5.73 Å². The van der Waals surface area contributed by atoms with Crippen LogP contribution in [-0.2, 0) is 12.8 Å². The van der Waals surface area contributed by atoms with Gasteiger partial charge in [0.05, 0.1) is 4.92 Å². The average molecular weight is 235 g/mol. The molecule has 1 aromatic carbocycles. The highest BCUT2D eigenvalue weighted by molar-refractivity contribution is 5.40. The van der Waals surface area contributed by atoms with Crippen molar-refractivity contribution < 1.29 is 4.92 Å². The topological polar surface area (TPSA) is 72.4 Å². The molecule has 0 fully saturated rings. The van der Waals surface area contributed by atoms with Crippen molar-refractivity contribution in [2.45, 2.75) is 12.8 Å². The molecule has 1 aromatic rings. The van der Waals surface area contributed by atoms with E-state index in [2.05, 4.69) is 4.90 Å². The van der Waals surface area contributed by atoms with Gasteiger partial charge in [-0.25, -0.2) is 0 Å². The maximum Gasteiger partial charge on any atom is 0.269 e. The van der Waals surface area contributed by atoms with Gasteiger partial charge in [0.15, 0.2) is 0 Å². The van der Waals surface area contributed by atoms with E-state index in [1.807, 2.05) is 6.07 Å². The molecule has 0 amide bonds. The molecule has 1 heterocycles. The number of benzene rings is 1. The van der Waals surface area contributed by atoms with Crippen molar-refractivity contribution in [2.75, 3.05) is 26.2 Å². The SMILES string of the molecule is NCCN1CCc2ccc([N+](=O)[O-])cc2CC1. The van der Waals surface area contributed by atoms with Crippen molar-refractivity contribution in [3.63, 3.8) is 0 Å². The van der Waals surface area contributed by atoms with Gasteiger partial charge in [0.1, 0.15) is 0 Å². The molecule has 0 aromatic heterocycles. The summed E-state index contributed by atoms with van der Waals surface area (Å²) in [4.78, 5) is 12.7. The zero-order valence-corrected chi connectivity index (χ0v) is 9.76. The van der Waals surface area contributed by atoms with Crippen LogP contribution in [0.2, 0.25) is 0 Å². The Kier molecular flexibility index (Phi) is 3.71. The molecule has 2 N–H and O–H groups in total. The predicted octanol–water partition coefficient (Wildman–Crippen LogP) is 0.954. The maximum absolute atomic E-state index is 10.7. The van der Waals surface area contributed by atoms with Crippen molar-refractivity contribution in [3.05, 3.63) is 39.4 Å². The van der Waals surface area contributed by atoms with Crippen LogP contribution in [0, 0.1) is 10.1 Å². The molecular formula is C12H17N3O2. The molecule has 0 bridgehead atoms.